The fourth-order valence-electron chi connectivity index (χ4n) is 5.22. The van der Waals surface area contributed by atoms with Gasteiger partial charge < -0.3 is 24.8 Å². The zero-order chi connectivity index (χ0) is 15.1. The molecule has 0 aromatic carbocycles. The minimum absolute atomic E-state index is 0. The number of rotatable bonds is 2. The molecule has 0 heterocycles. The topological polar surface area (TPSA) is 0 Å². The molecule has 4 aliphatic rings. The molecule has 0 spiro atoms. The van der Waals surface area contributed by atoms with Crippen molar-refractivity contribution in [3.8, 4) is 0 Å². The zero-order valence-corrected chi connectivity index (χ0v) is 18.9. The predicted molar refractivity (Wildman–Crippen MR) is 92.9 cm³/mol. The summed E-state index contributed by atoms with van der Waals surface area (Å²) in [5, 5.41) is 0. The van der Waals surface area contributed by atoms with E-state index in [2.05, 4.69) is 32.1 Å². The Kier molecular flexibility index (Phi) is 7.54. The molecule has 0 saturated carbocycles. The van der Waals surface area contributed by atoms with Crippen LogP contribution < -0.4 is 24.8 Å². The summed E-state index contributed by atoms with van der Waals surface area (Å²) >= 11 is -1.62. The largest absolute Gasteiger partial charge is 1.00 e. The fourth-order valence-corrected chi connectivity index (χ4v) is 13.9. The van der Waals surface area contributed by atoms with Crippen LogP contribution in [0.3, 0.4) is 0 Å². The third-order valence-electron chi connectivity index (χ3n) is 6.08. The fraction of sp³-hybridized carbons (Fsp3) is 0.571. The van der Waals surface area contributed by atoms with E-state index < -0.39 is 21.3 Å². The molecule has 1 unspecified atom stereocenters. The first kappa shape index (κ1) is 20.6. The second-order valence-electron chi connectivity index (χ2n) is 7.65. The standard InChI is InChI=1S/C13H17.C5H5.C3H6.2ClH.Zr/c1-3-7-12-10(5-1)9-11-6-2-4-8-13(11)12;1-2-4-5-3-1;1-3-2;;;/h5H,1-4,6-9H2;1-3H,4H2;1-2H3;2*1H;/q;;;;;+2/p-2. The van der Waals surface area contributed by atoms with Crippen molar-refractivity contribution in [2.24, 2.45) is 0 Å². The molecule has 0 bridgehead atoms. The van der Waals surface area contributed by atoms with Gasteiger partial charge >= 0.3 is 144 Å². The van der Waals surface area contributed by atoms with Crippen molar-refractivity contribution in [3.05, 3.63) is 43.8 Å². The van der Waals surface area contributed by atoms with Crippen LogP contribution in [-0.2, 0) is 21.3 Å². The van der Waals surface area contributed by atoms with E-state index in [1.54, 1.807) is 0 Å². The van der Waals surface area contributed by atoms with E-state index in [1.165, 1.54) is 57.8 Å². The average molecular weight is 443 g/mol. The molecule has 0 fully saturated rings. The van der Waals surface area contributed by atoms with Gasteiger partial charge in [0.05, 0.1) is 0 Å². The van der Waals surface area contributed by atoms with Gasteiger partial charge in [0.15, 0.2) is 0 Å². The molecule has 0 amide bonds. The number of fused-ring (bicyclic) bond motifs is 1. The Morgan fingerprint density at radius 2 is 1.75 bits per heavy atom. The third-order valence-corrected chi connectivity index (χ3v) is 14.6. The molecular formula is C21H28Cl2Zr. The summed E-state index contributed by atoms with van der Waals surface area (Å²) in [4.78, 5) is 0. The molecule has 0 aromatic rings. The van der Waals surface area contributed by atoms with E-state index in [1.807, 2.05) is 28.8 Å². The van der Waals surface area contributed by atoms with Crippen LogP contribution in [0.4, 0.5) is 0 Å². The van der Waals surface area contributed by atoms with Crippen LogP contribution in [-0.4, -0.2) is 3.21 Å². The number of allylic oxidation sites excluding steroid dienone is 8. The normalized spacial score (nSPS) is 24.4. The first-order valence-corrected chi connectivity index (χ1v) is 13.1. The van der Waals surface area contributed by atoms with E-state index >= 15 is 0 Å². The van der Waals surface area contributed by atoms with Gasteiger partial charge in [-0.05, 0) is 0 Å². The van der Waals surface area contributed by atoms with Crippen LogP contribution in [0.15, 0.2) is 43.8 Å². The summed E-state index contributed by atoms with van der Waals surface area (Å²) in [5.41, 5.74) is 7.53. The van der Waals surface area contributed by atoms with Crippen LogP contribution in [0.2, 0.25) is 3.63 Å². The van der Waals surface area contributed by atoms with Crippen LogP contribution >= 0.6 is 0 Å². The van der Waals surface area contributed by atoms with Gasteiger partial charge in [0.25, 0.3) is 0 Å². The second kappa shape index (κ2) is 8.79. The first-order valence-electron chi connectivity index (χ1n) is 9.22. The Morgan fingerprint density at radius 1 is 1.00 bits per heavy atom. The Labute approximate surface area is 167 Å². The van der Waals surface area contributed by atoms with Crippen LogP contribution in [0.5, 0.6) is 0 Å². The van der Waals surface area contributed by atoms with Gasteiger partial charge in [-0.15, -0.1) is 0 Å². The molecule has 0 nitrogen and oxygen atoms in total. The smallest absolute Gasteiger partial charge is 1.00 e. The van der Waals surface area contributed by atoms with Crippen molar-refractivity contribution < 1.29 is 46.1 Å². The third kappa shape index (κ3) is 3.70. The maximum atomic E-state index is 2.49. The molecule has 4 aliphatic carbocycles. The molecule has 4 rings (SSSR count). The molecule has 0 saturated heterocycles. The number of hydrogen-bond acceptors (Lipinski definition) is 0. The predicted octanol–water partition coefficient (Wildman–Crippen LogP) is 0.212. The van der Waals surface area contributed by atoms with Gasteiger partial charge in [-0.2, -0.15) is 0 Å². The first-order chi connectivity index (χ1) is 10.8. The van der Waals surface area contributed by atoms with Crippen LogP contribution in [0.25, 0.3) is 0 Å². The van der Waals surface area contributed by atoms with E-state index in [9.17, 15) is 0 Å². The van der Waals surface area contributed by atoms with Crippen molar-refractivity contribution in [2.45, 2.75) is 75.3 Å². The van der Waals surface area contributed by atoms with Crippen molar-refractivity contribution in [1.82, 2.24) is 0 Å². The summed E-state index contributed by atoms with van der Waals surface area (Å²) < 4.78 is 4.68. The Morgan fingerprint density at radius 3 is 2.46 bits per heavy atom. The van der Waals surface area contributed by atoms with E-state index in [4.69, 9.17) is 0 Å². The van der Waals surface area contributed by atoms with E-state index in [-0.39, 0.29) is 24.8 Å². The molecule has 0 aliphatic heterocycles. The van der Waals surface area contributed by atoms with Gasteiger partial charge in [0.1, 0.15) is 0 Å². The molecule has 0 radical (unpaired) electrons. The van der Waals surface area contributed by atoms with Crippen LogP contribution in [0, 0.1) is 0 Å². The Bertz CT molecular complexity index is 657. The number of halogens is 2. The minimum Gasteiger partial charge on any atom is -1.00 e. The van der Waals surface area contributed by atoms with Gasteiger partial charge in [-0.1, -0.05) is 0 Å². The van der Waals surface area contributed by atoms with Crippen molar-refractivity contribution in [1.29, 1.82) is 0 Å². The van der Waals surface area contributed by atoms with Gasteiger partial charge in [-0.3, -0.25) is 0 Å². The molecule has 3 heteroatoms. The molecule has 24 heavy (non-hydrogen) atoms. The van der Waals surface area contributed by atoms with Crippen molar-refractivity contribution >= 4 is 3.21 Å². The van der Waals surface area contributed by atoms with Crippen molar-refractivity contribution in [3.63, 3.8) is 0 Å². The monoisotopic (exact) mass is 440 g/mol. The second-order valence-corrected chi connectivity index (χ2v) is 15.4. The molecule has 130 valence electrons. The molecule has 0 N–H and O–H groups in total. The zero-order valence-electron chi connectivity index (χ0n) is 14.9. The maximum Gasteiger partial charge on any atom is -1.00 e. The van der Waals surface area contributed by atoms with E-state index in [0.29, 0.717) is 0 Å². The van der Waals surface area contributed by atoms with E-state index in [0.717, 1.165) is 3.63 Å². The summed E-state index contributed by atoms with van der Waals surface area (Å²) in [5.74, 6) is 0. The summed E-state index contributed by atoms with van der Waals surface area (Å²) in [6, 6.07) is 0. The summed E-state index contributed by atoms with van der Waals surface area (Å²) in [7, 11) is 0. The molecule has 1 atom stereocenters. The SMILES string of the molecule is C[C](C)=[Zr+2]([C]1=CC=CC1)[CH]1CCCC2=C1CC1=C2CCCC1.[Cl-].[Cl-]. The quantitative estimate of drug-likeness (QED) is 0.574. The Hall–Kier alpha value is 0.293. The summed E-state index contributed by atoms with van der Waals surface area (Å²) in [6.45, 7) is 4.90. The van der Waals surface area contributed by atoms with Gasteiger partial charge in [0, 0.05) is 0 Å². The van der Waals surface area contributed by atoms with Crippen LogP contribution in [0.1, 0.15) is 71.6 Å². The minimum atomic E-state index is -1.62. The van der Waals surface area contributed by atoms with Gasteiger partial charge in [-0.25, -0.2) is 0 Å². The molecule has 0 aromatic heterocycles. The maximum absolute atomic E-state index is 2.49. The van der Waals surface area contributed by atoms with Gasteiger partial charge in [0.2, 0.25) is 0 Å². The van der Waals surface area contributed by atoms with Crippen molar-refractivity contribution in [2.75, 3.05) is 0 Å². The average Bonchev–Trinajstić information content (AvgIpc) is 3.15. The Balaban J connectivity index is 0.00000104. The number of hydrogen-bond donors (Lipinski definition) is 0. The molecular weight excluding hydrogens is 414 g/mol. The summed E-state index contributed by atoms with van der Waals surface area (Å²) in [6.07, 6.45) is 19.9.